The molecule has 1 amide bonds. The quantitative estimate of drug-likeness (QED) is 0.900. The second-order valence-corrected chi connectivity index (χ2v) is 5.45. The molecule has 0 atom stereocenters. The Morgan fingerprint density at radius 1 is 1.19 bits per heavy atom. The molecule has 0 fully saturated rings. The minimum atomic E-state index is -0.307. The second kappa shape index (κ2) is 5.74. The molecule has 0 spiro atoms. The largest absolute Gasteiger partial charge is 0.379 e. The Hall–Kier alpha value is -2.07. The van der Waals surface area contributed by atoms with Crippen molar-refractivity contribution >= 4 is 28.9 Å². The van der Waals surface area contributed by atoms with Crippen LogP contribution < -0.4 is 10.6 Å². The number of hydrogen-bond acceptors (Lipinski definition) is 2. The minimum Gasteiger partial charge on any atom is -0.379 e. The van der Waals surface area contributed by atoms with Gasteiger partial charge in [0.2, 0.25) is 5.91 Å². The molecule has 2 aromatic rings. The predicted octanol–water partition coefficient (Wildman–Crippen LogP) is 3.98. The lowest BCUT2D eigenvalue weighted by Gasteiger charge is -2.19. The van der Waals surface area contributed by atoms with Crippen LogP contribution in [0.2, 0.25) is 5.02 Å². The molecule has 0 saturated heterocycles. The molecule has 3 rings (SSSR count). The number of aryl methyl sites for hydroxylation is 1. The molecule has 0 radical (unpaired) electrons. The zero-order valence-electron chi connectivity index (χ0n) is 11.2. The van der Waals surface area contributed by atoms with Crippen LogP contribution in [0.25, 0.3) is 0 Å². The average Bonchev–Trinajstić information content (AvgIpc) is 2.47. The van der Waals surface area contributed by atoms with Crippen LogP contribution >= 0.6 is 11.6 Å². The Morgan fingerprint density at radius 2 is 1.95 bits per heavy atom. The van der Waals surface area contributed by atoms with Gasteiger partial charge in [0.15, 0.2) is 0 Å². The van der Waals surface area contributed by atoms with Gasteiger partial charge in [0.05, 0.1) is 5.69 Å². The first-order valence-electron chi connectivity index (χ1n) is 6.72. The zero-order chi connectivity index (χ0) is 14.8. The van der Waals surface area contributed by atoms with E-state index in [0.717, 1.165) is 11.1 Å². The van der Waals surface area contributed by atoms with Gasteiger partial charge in [-0.1, -0.05) is 23.7 Å². The van der Waals surface area contributed by atoms with Crippen molar-refractivity contribution in [2.45, 2.75) is 19.4 Å². The van der Waals surface area contributed by atoms with E-state index >= 15 is 0 Å². The number of rotatable bonds is 3. The fraction of sp³-hybridized carbons (Fsp3) is 0.188. The standard InChI is InChI=1S/C16H14ClFN2O/c17-12-4-1-10(2-5-12)9-19-15-8-14-11(7-13(15)18)3-6-16(21)20-14/h1-2,4-5,7-8,19H,3,6,9H2,(H,20,21). The first-order chi connectivity index (χ1) is 10.1. The molecule has 1 aliphatic heterocycles. The molecule has 1 heterocycles. The summed E-state index contributed by atoms with van der Waals surface area (Å²) >= 11 is 5.83. The summed E-state index contributed by atoms with van der Waals surface area (Å²) in [6, 6.07) is 10.5. The molecular weight excluding hydrogens is 291 g/mol. The highest BCUT2D eigenvalue weighted by Crippen LogP contribution is 2.28. The number of anilines is 2. The maximum Gasteiger partial charge on any atom is 0.224 e. The van der Waals surface area contributed by atoms with E-state index in [4.69, 9.17) is 11.6 Å². The van der Waals surface area contributed by atoms with Crippen molar-refractivity contribution in [3.8, 4) is 0 Å². The Kier molecular flexibility index (Phi) is 3.80. The summed E-state index contributed by atoms with van der Waals surface area (Å²) < 4.78 is 14.0. The monoisotopic (exact) mass is 304 g/mol. The molecule has 2 N–H and O–H groups in total. The number of hydrogen-bond donors (Lipinski definition) is 2. The third kappa shape index (κ3) is 3.16. The summed E-state index contributed by atoms with van der Waals surface area (Å²) in [4.78, 5) is 11.4. The maximum absolute atomic E-state index is 14.0. The van der Waals surface area contributed by atoms with E-state index in [-0.39, 0.29) is 11.7 Å². The topological polar surface area (TPSA) is 41.1 Å². The van der Waals surface area contributed by atoms with Gasteiger partial charge in [-0.25, -0.2) is 4.39 Å². The van der Waals surface area contributed by atoms with Gasteiger partial charge in [-0.2, -0.15) is 0 Å². The van der Waals surface area contributed by atoms with Crippen molar-refractivity contribution in [1.82, 2.24) is 0 Å². The summed E-state index contributed by atoms with van der Waals surface area (Å²) in [5, 5.41) is 6.48. The van der Waals surface area contributed by atoms with Crippen LogP contribution in [0.15, 0.2) is 36.4 Å². The van der Waals surface area contributed by atoms with Crippen LogP contribution in [0, 0.1) is 5.82 Å². The molecule has 3 nitrogen and oxygen atoms in total. The third-order valence-corrected chi connectivity index (χ3v) is 3.74. The lowest BCUT2D eigenvalue weighted by Crippen LogP contribution is -2.19. The second-order valence-electron chi connectivity index (χ2n) is 5.02. The Morgan fingerprint density at radius 3 is 2.71 bits per heavy atom. The molecule has 21 heavy (non-hydrogen) atoms. The van der Waals surface area contributed by atoms with Gasteiger partial charge >= 0.3 is 0 Å². The van der Waals surface area contributed by atoms with Crippen LogP contribution in [0.1, 0.15) is 17.5 Å². The molecule has 0 unspecified atom stereocenters. The zero-order valence-corrected chi connectivity index (χ0v) is 12.0. The van der Waals surface area contributed by atoms with E-state index in [2.05, 4.69) is 10.6 Å². The number of benzene rings is 2. The Balaban J connectivity index is 1.77. The number of carbonyl (C=O) groups excluding carboxylic acids is 1. The van der Waals surface area contributed by atoms with E-state index in [1.54, 1.807) is 18.2 Å². The summed E-state index contributed by atoms with van der Waals surface area (Å²) in [6.45, 7) is 0.487. The SMILES string of the molecule is O=C1CCc2cc(F)c(NCc3ccc(Cl)cc3)cc2N1. The molecule has 1 aliphatic rings. The van der Waals surface area contributed by atoms with Gasteiger partial charge in [-0.05, 0) is 41.8 Å². The third-order valence-electron chi connectivity index (χ3n) is 3.48. The van der Waals surface area contributed by atoms with Gasteiger partial charge in [0, 0.05) is 23.7 Å². The van der Waals surface area contributed by atoms with Gasteiger partial charge in [-0.3, -0.25) is 4.79 Å². The van der Waals surface area contributed by atoms with E-state index in [1.165, 1.54) is 6.07 Å². The van der Waals surface area contributed by atoms with Crippen LogP contribution in [0.5, 0.6) is 0 Å². The van der Waals surface area contributed by atoms with Crippen molar-refractivity contribution in [3.63, 3.8) is 0 Å². The van der Waals surface area contributed by atoms with Gasteiger partial charge < -0.3 is 10.6 Å². The first-order valence-corrected chi connectivity index (χ1v) is 7.10. The van der Waals surface area contributed by atoms with Crippen molar-refractivity contribution in [2.24, 2.45) is 0 Å². The van der Waals surface area contributed by atoms with E-state index in [0.29, 0.717) is 35.8 Å². The Labute approximate surface area is 127 Å². The van der Waals surface area contributed by atoms with Crippen molar-refractivity contribution in [1.29, 1.82) is 0 Å². The highest BCUT2D eigenvalue weighted by Gasteiger charge is 2.17. The summed E-state index contributed by atoms with van der Waals surface area (Å²) in [6.07, 6.45) is 0.986. The van der Waals surface area contributed by atoms with Crippen LogP contribution in [0.4, 0.5) is 15.8 Å². The molecule has 0 aromatic heterocycles. The molecule has 5 heteroatoms. The maximum atomic E-state index is 14.0. The molecular formula is C16H14ClFN2O. The smallest absolute Gasteiger partial charge is 0.224 e. The number of carbonyl (C=O) groups is 1. The highest BCUT2D eigenvalue weighted by atomic mass is 35.5. The molecule has 0 saturated carbocycles. The molecule has 0 bridgehead atoms. The van der Waals surface area contributed by atoms with Crippen molar-refractivity contribution in [2.75, 3.05) is 10.6 Å². The van der Waals surface area contributed by atoms with Gasteiger partial charge in [0.25, 0.3) is 0 Å². The fourth-order valence-electron chi connectivity index (χ4n) is 2.33. The Bertz CT molecular complexity index is 685. The van der Waals surface area contributed by atoms with Crippen molar-refractivity contribution in [3.05, 3.63) is 58.4 Å². The number of nitrogens with one attached hydrogen (secondary N) is 2. The van der Waals surface area contributed by atoms with Crippen LogP contribution in [0.3, 0.4) is 0 Å². The first kappa shape index (κ1) is 13.9. The van der Waals surface area contributed by atoms with Gasteiger partial charge in [0.1, 0.15) is 5.82 Å². The summed E-state index contributed by atoms with van der Waals surface area (Å²) in [5.74, 6) is -0.336. The summed E-state index contributed by atoms with van der Waals surface area (Å²) in [7, 11) is 0. The lowest BCUT2D eigenvalue weighted by molar-refractivity contribution is -0.116. The summed E-state index contributed by atoms with van der Waals surface area (Å²) in [5.41, 5.74) is 2.90. The number of halogens is 2. The molecule has 108 valence electrons. The van der Waals surface area contributed by atoms with E-state index < -0.39 is 0 Å². The number of fused-ring (bicyclic) bond motifs is 1. The molecule has 0 aliphatic carbocycles. The predicted molar refractivity (Wildman–Crippen MR) is 82.1 cm³/mol. The number of amides is 1. The van der Waals surface area contributed by atoms with Crippen LogP contribution in [-0.4, -0.2) is 5.91 Å². The van der Waals surface area contributed by atoms with Crippen LogP contribution in [-0.2, 0) is 17.8 Å². The average molecular weight is 305 g/mol. The highest BCUT2D eigenvalue weighted by molar-refractivity contribution is 6.30. The van der Waals surface area contributed by atoms with Crippen molar-refractivity contribution < 1.29 is 9.18 Å². The minimum absolute atomic E-state index is 0.0299. The van der Waals surface area contributed by atoms with E-state index in [9.17, 15) is 9.18 Å². The lowest BCUT2D eigenvalue weighted by atomic mass is 10.0. The molecule has 2 aromatic carbocycles. The fourth-order valence-corrected chi connectivity index (χ4v) is 2.46. The van der Waals surface area contributed by atoms with Gasteiger partial charge in [-0.15, -0.1) is 0 Å². The van der Waals surface area contributed by atoms with E-state index in [1.807, 2.05) is 12.1 Å². The normalized spacial score (nSPS) is 13.5.